The monoisotopic (exact) mass is 471 g/mol. The number of halogens is 2. The fourth-order valence-electron chi connectivity index (χ4n) is 3.87. The zero-order chi connectivity index (χ0) is 22.7. The second-order valence-corrected chi connectivity index (χ2v) is 8.91. The number of aromatic amines is 1. The van der Waals surface area contributed by atoms with E-state index in [0.717, 1.165) is 37.3 Å². The van der Waals surface area contributed by atoms with E-state index in [1.54, 1.807) is 25.1 Å². The average molecular weight is 472 g/mol. The van der Waals surface area contributed by atoms with Gasteiger partial charge in [0.05, 0.1) is 5.69 Å². The van der Waals surface area contributed by atoms with Gasteiger partial charge in [-0.1, -0.05) is 41.4 Å². The van der Waals surface area contributed by atoms with Crippen molar-refractivity contribution in [2.24, 2.45) is 0 Å². The van der Waals surface area contributed by atoms with Crippen LogP contribution in [0.5, 0.6) is 0 Å². The quantitative estimate of drug-likeness (QED) is 0.568. The molecule has 1 saturated heterocycles. The third-order valence-electron chi connectivity index (χ3n) is 5.85. The number of benzene rings is 2. The summed E-state index contributed by atoms with van der Waals surface area (Å²) >= 11 is 12.7. The number of piperazine rings is 1. The second-order valence-electron chi connectivity index (χ2n) is 8.10. The van der Waals surface area contributed by atoms with Gasteiger partial charge in [-0.15, -0.1) is 0 Å². The zero-order valence-electron chi connectivity index (χ0n) is 18.3. The molecule has 32 heavy (non-hydrogen) atoms. The molecule has 0 bridgehead atoms. The Labute approximate surface area is 198 Å². The largest absolute Gasteiger partial charge is 0.369 e. The Morgan fingerprint density at radius 3 is 2.38 bits per heavy atom. The van der Waals surface area contributed by atoms with Crippen LogP contribution in [-0.2, 0) is 13.0 Å². The fraction of sp³-hybridized carbons (Fsp3) is 0.333. The predicted molar refractivity (Wildman–Crippen MR) is 132 cm³/mol. The molecule has 1 fully saturated rings. The van der Waals surface area contributed by atoms with E-state index in [-0.39, 0.29) is 5.56 Å². The Morgan fingerprint density at radius 2 is 1.72 bits per heavy atom. The van der Waals surface area contributed by atoms with E-state index in [0.29, 0.717) is 40.2 Å². The molecule has 168 valence electrons. The molecule has 0 spiro atoms. The Hall–Kier alpha value is -2.54. The highest BCUT2D eigenvalue weighted by Gasteiger charge is 2.15. The van der Waals surface area contributed by atoms with Crippen molar-refractivity contribution in [1.82, 2.24) is 15.3 Å². The Kier molecular flexibility index (Phi) is 7.04. The first-order valence-corrected chi connectivity index (χ1v) is 11.5. The summed E-state index contributed by atoms with van der Waals surface area (Å²) in [5, 5.41) is 4.51. The maximum atomic E-state index is 12.6. The summed E-state index contributed by atoms with van der Waals surface area (Å²) in [6.07, 6.45) is 0.397. The minimum atomic E-state index is -0.158. The Morgan fingerprint density at radius 1 is 1.06 bits per heavy atom. The van der Waals surface area contributed by atoms with Gasteiger partial charge in [0.2, 0.25) is 5.95 Å². The minimum absolute atomic E-state index is 0.158. The van der Waals surface area contributed by atoms with Crippen molar-refractivity contribution < 1.29 is 0 Å². The minimum Gasteiger partial charge on any atom is -0.369 e. The van der Waals surface area contributed by atoms with Gasteiger partial charge in [-0.25, -0.2) is 4.98 Å². The van der Waals surface area contributed by atoms with E-state index in [9.17, 15) is 4.79 Å². The number of nitrogens with zero attached hydrogens (tertiary/aromatic N) is 3. The molecule has 1 aromatic heterocycles. The SMILES string of the molecule is Cc1c(Cc2c(Cl)cccc2Cl)nc(N(C)Cc2ccc(N3CCNCC3)cc2)[nH]c1=O. The summed E-state index contributed by atoms with van der Waals surface area (Å²) in [4.78, 5) is 24.6. The topological polar surface area (TPSA) is 64.3 Å². The van der Waals surface area contributed by atoms with Crippen molar-refractivity contribution in [3.63, 3.8) is 0 Å². The van der Waals surface area contributed by atoms with Gasteiger partial charge in [0.15, 0.2) is 0 Å². The van der Waals surface area contributed by atoms with Gasteiger partial charge in [0, 0.05) is 67.5 Å². The molecular formula is C24H27Cl2N5O. The van der Waals surface area contributed by atoms with Gasteiger partial charge in [0.25, 0.3) is 5.56 Å². The van der Waals surface area contributed by atoms with Gasteiger partial charge >= 0.3 is 0 Å². The lowest BCUT2D eigenvalue weighted by atomic mass is 10.1. The molecule has 0 radical (unpaired) electrons. The van der Waals surface area contributed by atoms with Crippen molar-refractivity contribution in [1.29, 1.82) is 0 Å². The van der Waals surface area contributed by atoms with Crippen LogP contribution in [0.1, 0.15) is 22.4 Å². The highest BCUT2D eigenvalue weighted by Crippen LogP contribution is 2.27. The summed E-state index contributed by atoms with van der Waals surface area (Å²) in [6.45, 7) is 6.46. The van der Waals surface area contributed by atoms with Crippen LogP contribution in [0.3, 0.4) is 0 Å². The van der Waals surface area contributed by atoms with Crippen molar-refractivity contribution in [3.05, 3.63) is 85.2 Å². The lowest BCUT2D eigenvalue weighted by Gasteiger charge is -2.29. The second kappa shape index (κ2) is 9.94. The number of nitrogens with one attached hydrogen (secondary N) is 2. The standard InChI is InChI=1S/C24H27Cl2N5O/c1-16-22(14-19-20(25)4-3-5-21(19)26)28-24(29-23(16)32)30(2)15-17-6-8-18(9-7-17)31-12-10-27-11-13-31/h3-9,27H,10-15H2,1-2H3,(H,28,29,32). The van der Waals surface area contributed by atoms with Gasteiger partial charge in [0.1, 0.15) is 0 Å². The Balaban J connectivity index is 1.52. The molecule has 2 heterocycles. The van der Waals surface area contributed by atoms with Crippen molar-refractivity contribution in [2.75, 3.05) is 43.0 Å². The normalized spacial score (nSPS) is 13.9. The molecule has 2 N–H and O–H groups in total. The van der Waals surface area contributed by atoms with Gasteiger partial charge in [-0.2, -0.15) is 0 Å². The van der Waals surface area contributed by atoms with Crippen LogP contribution >= 0.6 is 23.2 Å². The first-order chi connectivity index (χ1) is 15.4. The molecule has 0 amide bonds. The first-order valence-electron chi connectivity index (χ1n) is 10.7. The van der Waals surface area contributed by atoms with Crippen molar-refractivity contribution in [3.8, 4) is 0 Å². The summed E-state index contributed by atoms with van der Waals surface area (Å²) < 4.78 is 0. The number of hydrogen-bond donors (Lipinski definition) is 2. The molecule has 0 unspecified atom stereocenters. The Bertz CT molecular complexity index is 1120. The molecule has 0 saturated carbocycles. The van der Waals surface area contributed by atoms with Crippen LogP contribution in [0, 0.1) is 6.92 Å². The summed E-state index contributed by atoms with van der Waals surface area (Å²) in [6, 6.07) is 14.0. The van der Waals surface area contributed by atoms with Crippen molar-refractivity contribution in [2.45, 2.75) is 19.9 Å². The van der Waals surface area contributed by atoms with E-state index in [2.05, 4.69) is 39.5 Å². The van der Waals surface area contributed by atoms with Gasteiger partial charge < -0.3 is 15.1 Å². The smallest absolute Gasteiger partial charge is 0.255 e. The number of H-pyrrole nitrogens is 1. The molecular weight excluding hydrogens is 445 g/mol. The maximum Gasteiger partial charge on any atom is 0.255 e. The van der Waals surface area contributed by atoms with Gasteiger partial charge in [-0.05, 0) is 42.3 Å². The van der Waals surface area contributed by atoms with Crippen molar-refractivity contribution >= 4 is 34.8 Å². The van der Waals surface area contributed by atoms with E-state index < -0.39 is 0 Å². The van der Waals surface area contributed by atoms with Crippen LogP contribution in [0.25, 0.3) is 0 Å². The molecule has 3 aromatic rings. The van der Waals surface area contributed by atoms with E-state index in [4.69, 9.17) is 28.2 Å². The molecule has 8 heteroatoms. The molecule has 0 aliphatic carbocycles. The number of aromatic nitrogens is 2. The summed E-state index contributed by atoms with van der Waals surface area (Å²) in [5.74, 6) is 0.518. The summed E-state index contributed by atoms with van der Waals surface area (Å²) in [5.41, 5.74) is 4.23. The number of hydrogen-bond acceptors (Lipinski definition) is 5. The van der Waals surface area contributed by atoms with Crippen LogP contribution in [0.2, 0.25) is 10.0 Å². The van der Waals surface area contributed by atoms with Crippen LogP contribution in [-0.4, -0.2) is 43.2 Å². The number of anilines is 2. The van der Waals surface area contributed by atoms with Crippen LogP contribution in [0.4, 0.5) is 11.6 Å². The molecule has 2 aromatic carbocycles. The highest BCUT2D eigenvalue weighted by molar-refractivity contribution is 6.36. The van der Waals surface area contributed by atoms with E-state index in [1.807, 2.05) is 11.9 Å². The third kappa shape index (κ3) is 5.09. The molecule has 0 atom stereocenters. The van der Waals surface area contributed by atoms with Crippen LogP contribution in [0.15, 0.2) is 47.3 Å². The van der Waals surface area contributed by atoms with E-state index in [1.165, 1.54) is 5.69 Å². The molecule has 6 nitrogen and oxygen atoms in total. The first kappa shape index (κ1) is 22.6. The number of rotatable bonds is 6. The fourth-order valence-corrected chi connectivity index (χ4v) is 4.40. The maximum absolute atomic E-state index is 12.6. The molecule has 4 rings (SSSR count). The van der Waals surface area contributed by atoms with Gasteiger partial charge in [-0.3, -0.25) is 9.78 Å². The zero-order valence-corrected chi connectivity index (χ0v) is 19.8. The average Bonchev–Trinajstić information content (AvgIpc) is 2.80. The van der Waals surface area contributed by atoms with Crippen LogP contribution < -0.4 is 20.7 Å². The predicted octanol–water partition coefficient (Wildman–Crippen LogP) is 4.02. The molecule has 1 aliphatic rings. The lowest BCUT2D eigenvalue weighted by Crippen LogP contribution is -2.43. The third-order valence-corrected chi connectivity index (χ3v) is 6.55. The molecule has 1 aliphatic heterocycles. The van der Waals surface area contributed by atoms with E-state index >= 15 is 0 Å². The summed E-state index contributed by atoms with van der Waals surface area (Å²) in [7, 11) is 1.92. The highest BCUT2D eigenvalue weighted by atomic mass is 35.5. The lowest BCUT2D eigenvalue weighted by molar-refractivity contribution is 0.589.